The van der Waals surface area contributed by atoms with E-state index in [0.29, 0.717) is 0 Å². The van der Waals surface area contributed by atoms with E-state index < -0.39 is 0 Å². The van der Waals surface area contributed by atoms with Crippen LogP contribution in [0.25, 0.3) is 0 Å². The average molecular weight is 138 g/mol. The van der Waals surface area contributed by atoms with Gasteiger partial charge in [-0.05, 0) is 32.1 Å². The Kier molecular flexibility index (Phi) is 2.98. The van der Waals surface area contributed by atoms with Crippen molar-refractivity contribution in [2.75, 3.05) is 0 Å². The lowest BCUT2D eigenvalue weighted by atomic mass is 9.92. The van der Waals surface area contributed by atoms with Gasteiger partial charge in [0.05, 0.1) is 0 Å². The maximum Gasteiger partial charge on any atom is -0.0234 e. The van der Waals surface area contributed by atoms with E-state index in [1.807, 2.05) is 0 Å². The second kappa shape index (κ2) is 3.80. The van der Waals surface area contributed by atoms with Gasteiger partial charge in [0.25, 0.3) is 0 Å². The van der Waals surface area contributed by atoms with Gasteiger partial charge >= 0.3 is 0 Å². The lowest BCUT2D eigenvalue weighted by Gasteiger charge is -2.14. The second-order valence-electron chi connectivity index (χ2n) is 3.49. The van der Waals surface area contributed by atoms with Gasteiger partial charge in [-0.2, -0.15) is 0 Å². The highest BCUT2D eigenvalue weighted by Gasteiger charge is 2.05. The third kappa shape index (κ3) is 2.17. The van der Waals surface area contributed by atoms with Gasteiger partial charge in [-0.25, -0.2) is 0 Å². The van der Waals surface area contributed by atoms with Crippen molar-refractivity contribution in [1.82, 2.24) is 0 Å². The van der Waals surface area contributed by atoms with Crippen molar-refractivity contribution in [2.45, 2.75) is 46.0 Å². The van der Waals surface area contributed by atoms with Crippen LogP contribution in [0.2, 0.25) is 0 Å². The Balaban J connectivity index is 2.48. The molecule has 0 bridgehead atoms. The van der Waals surface area contributed by atoms with Crippen molar-refractivity contribution in [3.05, 3.63) is 11.6 Å². The van der Waals surface area contributed by atoms with Crippen LogP contribution in [0, 0.1) is 5.92 Å². The fourth-order valence-electron chi connectivity index (χ4n) is 1.53. The van der Waals surface area contributed by atoms with Gasteiger partial charge < -0.3 is 0 Å². The van der Waals surface area contributed by atoms with Gasteiger partial charge in [-0.1, -0.05) is 31.4 Å². The van der Waals surface area contributed by atoms with E-state index in [2.05, 4.69) is 19.9 Å². The van der Waals surface area contributed by atoms with Gasteiger partial charge in [0.1, 0.15) is 0 Å². The second-order valence-corrected chi connectivity index (χ2v) is 3.49. The number of hydrogen-bond acceptors (Lipinski definition) is 0. The normalized spacial score (nSPS) is 33.8. The lowest BCUT2D eigenvalue weighted by molar-refractivity contribution is 0.529. The summed E-state index contributed by atoms with van der Waals surface area (Å²) in [5.41, 5.74) is 1.61. The summed E-state index contributed by atoms with van der Waals surface area (Å²) in [6.45, 7) is 4.62. The molecule has 0 aromatic rings. The summed E-state index contributed by atoms with van der Waals surface area (Å²) in [5.74, 6) is 0.847. The Hall–Kier alpha value is -0.260. The van der Waals surface area contributed by atoms with E-state index in [4.69, 9.17) is 0 Å². The zero-order valence-corrected chi connectivity index (χ0v) is 7.19. The molecule has 0 saturated carbocycles. The monoisotopic (exact) mass is 138 g/mol. The molecule has 0 aromatic carbocycles. The van der Waals surface area contributed by atoms with Crippen LogP contribution < -0.4 is 0 Å². The zero-order valence-electron chi connectivity index (χ0n) is 7.19. The SMILES string of the molecule is C/C1=C/CCCCCC1C. The third-order valence-corrected chi connectivity index (χ3v) is 2.58. The fourth-order valence-corrected chi connectivity index (χ4v) is 1.53. The molecule has 0 aliphatic heterocycles. The Morgan fingerprint density at radius 1 is 1.30 bits per heavy atom. The third-order valence-electron chi connectivity index (χ3n) is 2.58. The van der Waals surface area contributed by atoms with Crippen LogP contribution in [-0.2, 0) is 0 Å². The lowest BCUT2D eigenvalue weighted by Crippen LogP contribution is -1.98. The van der Waals surface area contributed by atoms with E-state index >= 15 is 0 Å². The molecular formula is C10H18. The summed E-state index contributed by atoms with van der Waals surface area (Å²) < 4.78 is 0. The van der Waals surface area contributed by atoms with Crippen molar-refractivity contribution < 1.29 is 0 Å². The molecule has 58 valence electrons. The van der Waals surface area contributed by atoms with Crippen LogP contribution in [-0.4, -0.2) is 0 Å². The molecule has 0 radical (unpaired) electrons. The molecule has 0 heteroatoms. The highest BCUT2D eigenvalue weighted by molar-refractivity contribution is 5.02. The van der Waals surface area contributed by atoms with Gasteiger partial charge in [-0.15, -0.1) is 0 Å². The van der Waals surface area contributed by atoms with Crippen molar-refractivity contribution in [2.24, 2.45) is 5.92 Å². The smallest absolute Gasteiger partial charge is 0.0234 e. The van der Waals surface area contributed by atoms with Crippen molar-refractivity contribution in [3.63, 3.8) is 0 Å². The molecule has 0 fully saturated rings. The Morgan fingerprint density at radius 2 is 2.10 bits per heavy atom. The molecule has 0 spiro atoms. The van der Waals surface area contributed by atoms with Crippen molar-refractivity contribution >= 4 is 0 Å². The van der Waals surface area contributed by atoms with Crippen LogP contribution in [0.15, 0.2) is 11.6 Å². The summed E-state index contributed by atoms with van der Waals surface area (Å²) in [6.07, 6.45) is 9.42. The standard InChI is InChI=1S/C10H18/c1-9-7-5-3-4-6-8-10(9)2/h7,10H,3-6,8H2,1-2H3/b9-7-. The molecule has 1 unspecified atom stereocenters. The van der Waals surface area contributed by atoms with Crippen LogP contribution in [0.3, 0.4) is 0 Å². The van der Waals surface area contributed by atoms with E-state index in [9.17, 15) is 0 Å². The Morgan fingerprint density at radius 3 is 2.90 bits per heavy atom. The highest BCUT2D eigenvalue weighted by Crippen LogP contribution is 2.21. The molecule has 1 aliphatic carbocycles. The molecule has 1 atom stereocenters. The van der Waals surface area contributed by atoms with E-state index in [0.717, 1.165) is 5.92 Å². The summed E-state index contributed by atoms with van der Waals surface area (Å²) in [7, 11) is 0. The van der Waals surface area contributed by atoms with Gasteiger partial charge in [-0.3, -0.25) is 0 Å². The van der Waals surface area contributed by atoms with Crippen LogP contribution in [0.1, 0.15) is 46.0 Å². The van der Waals surface area contributed by atoms with Crippen LogP contribution in [0.5, 0.6) is 0 Å². The fraction of sp³-hybridized carbons (Fsp3) is 0.800. The molecule has 10 heavy (non-hydrogen) atoms. The molecule has 1 rings (SSSR count). The maximum absolute atomic E-state index is 2.42. The summed E-state index contributed by atoms with van der Waals surface area (Å²) >= 11 is 0. The number of hydrogen-bond donors (Lipinski definition) is 0. The topological polar surface area (TPSA) is 0 Å². The van der Waals surface area contributed by atoms with E-state index in [1.165, 1.54) is 32.1 Å². The minimum Gasteiger partial charge on any atom is -0.0853 e. The van der Waals surface area contributed by atoms with Crippen molar-refractivity contribution in [1.29, 1.82) is 0 Å². The molecular weight excluding hydrogens is 120 g/mol. The molecule has 0 N–H and O–H groups in total. The molecule has 0 heterocycles. The van der Waals surface area contributed by atoms with Gasteiger partial charge in [0.2, 0.25) is 0 Å². The minimum absolute atomic E-state index is 0.847. The first kappa shape index (κ1) is 7.84. The molecule has 0 nitrogen and oxygen atoms in total. The highest BCUT2D eigenvalue weighted by atomic mass is 14.1. The van der Waals surface area contributed by atoms with Gasteiger partial charge in [0.15, 0.2) is 0 Å². The van der Waals surface area contributed by atoms with Crippen LogP contribution in [0.4, 0.5) is 0 Å². The predicted octanol–water partition coefficient (Wildman–Crippen LogP) is 3.53. The molecule has 0 aromatic heterocycles. The van der Waals surface area contributed by atoms with E-state index in [1.54, 1.807) is 5.57 Å². The maximum atomic E-state index is 2.42. The quantitative estimate of drug-likeness (QED) is 0.449. The van der Waals surface area contributed by atoms with Crippen molar-refractivity contribution in [3.8, 4) is 0 Å². The average Bonchev–Trinajstić information content (AvgIpc) is 1.92. The minimum atomic E-state index is 0.847. The number of rotatable bonds is 0. The summed E-state index contributed by atoms with van der Waals surface area (Å²) in [6, 6.07) is 0. The predicted molar refractivity (Wildman–Crippen MR) is 46.0 cm³/mol. The first-order valence-corrected chi connectivity index (χ1v) is 4.47. The van der Waals surface area contributed by atoms with Gasteiger partial charge in [0, 0.05) is 0 Å². The largest absolute Gasteiger partial charge is 0.0853 e. The summed E-state index contributed by atoms with van der Waals surface area (Å²) in [5, 5.41) is 0. The van der Waals surface area contributed by atoms with Crippen LogP contribution >= 0.6 is 0 Å². The Bertz CT molecular complexity index is 122. The molecule has 1 aliphatic rings. The first-order valence-electron chi connectivity index (χ1n) is 4.47. The summed E-state index contributed by atoms with van der Waals surface area (Å²) in [4.78, 5) is 0. The zero-order chi connectivity index (χ0) is 7.40. The molecule has 0 amide bonds. The molecule has 0 saturated heterocycles. The van der Waals surface area contributed by atoms with E-state index in [-0.39, 0.29) is 0 Å². The first-order chi connectivity index (χ1) is 4.80. The Labute approximate surface area is 64.3 Å². The number of allylic oxidation sites excluding steroid dienone is 2.